The lowest BCUT2D eigenvalue weighted by Crippen LogP contribution is -2.44. The zero-order valence-electron chi connectivity index (χ0n) is 9.96. The molecular formula is C10H24N4. The molecule has 0 radical (unpaired) electrons. The number of hydrogen-bond donors (Lipinski definition) is 3. The number of hydrazine groups is 1. The molecule has 0 aliphatic carbocycles. The van der Waals surface area contributed by atoms with E-state index in [0.717, 1.165) is 6.54 Å². The molecule has 0 aliphatic heterocycles. The second-order valence-electron chi connectivity index (χ2n) is 4.25. The van der Waals surface area contributed by atoms with E-state index in [1.165, 1.54) is 0 Å². The van der Waals surface area contributed by atoms with Gasteiger partial charge in [0, 0.05) is 13.6 Å². The predicted octanol–water partition coefficient (Wildman–Crippen LogP) is 0.953. The summed E-state index contributed by atoms with van der Waals surface area (Å²) in [5, 5.41) is 3.20. The maximum atomic E-state index is 5.28. The molecule has 0 heterocycles. The molecular weight excluding hydrogens is 176 g/mol. The van der Waals surface area contributed by atoms with E-state index in [4.69, 9.17) is 5.84 Å². The molecule has 0 rings (SSSR count). The van der Waals surface area contributed by atoms with Crippen molar-refractivity contribution in [3.63, 3.8) is 0 Å². The molecule has 0 fully saturated rings. The van der Waals surface area contributed by atoms with Gasteiger partial charge in [0.2, 0.25) is 5.96 Å². The standard InChI is InChI=1S/C10H24N4/c1-7(2)9(8(3)4)6-13-10(12-5)14-11/h7-9H,6,11H2,1-5H3,(H2,12,13,14). The first-order valence-corrected chi connectivity index (χ1v) is 5.20. The highest BCUT2D eigenvalue weighted by molar-refractivity contribution is 5.78. The summed E-state index contributed by atoms with van der Waals surface area (Å²) in [7, 11) is 1.71. The van der Waals surface area contributed by atoms with Gasteiger partial charge >= 0.3 is 0 Å². The van der Waals surface area contributed by atoms with Crippen LogP contribution in [-0.4, -0.2) is 19.6 Å². The van der Waals surface area contributed by atoms with Crippen molar-refractivity contribution in [2.24, 2.45) is 28.6 Å². The van der Waals surface area contributed by atoms with Crippen LogP contribution in [0.15, 0.2) is 4.99 Å². The summed E-state index contributed by atoms with van der Waals surface area (Å²) in [5.74, 6) is 7.90. The topological polar surface area (TPSA) is 62.4 Å². The van der Waals surface area contributed by atoms with Crippen LogP contribution < -0.4 is 16.6 Å². The molecule has 4 nitrogen and oxygen atoms in total. The lowest BCUT2D eigenvalue weighted by atomic mass is 9.85. The Hall–Kier alpha value is -0.770. The molecule has 0 bridgehead atoms. The van der Waals surface area contributed by atoms with Crippen LogP contribution in [0.4, 0.5) is 0 Å². The number of nitrogens with zero attached hydrogens (tertiary/aromatic N) is 1. The van der Waals surface area contributed by atoms with Gasteiger partial charge in [-0.25, -0.2) is 5.84 Å². The first kappa shape index (κ1) is 13.2. The molecule has 0 unspecified atom stereocenters. The fourth-order valence-electron chi connectivity index (χ4n) is 1.65. The summed E-state index contributed by atoms with van der Waals surface area (Å²) in [6, 6.07) is 0. The van der Waals surface area contributed by atoms with Gasteiger partial charge in [-0.3, -0.25) is 10.4 Å². The maximum absolute atomic E-state index is 5.28. The van der Waals surface area contributed by atoms with E-state index in [0.29, 0.717) is 23.7 Å². The van der Waals surface area contributed by atoms with Crippen molar-refractivity contribution in [1.29, 1.82) is 0 Å². The molecule has 0 atom stereocenters. The van der Waals surface area contributed by atoms with Crippen LogP contribution in [0, 0.1) is 17.8 Å². The van der Waals surface area contributed by atoms with Crippen molar-refractivity contribution in [2.75, 3.05) is 13.6 Å². The van der Waals surface area contributed by atoms with Gasteiger partial charge < -0.3 is 5.32 Å². The third-order valence-corrected chi connectivity index (χ3v) is 2.58. The molecule has 14 heavy (non-hydrogen) atoms. The summed E-state index contributed by atoms with van der Waals surface area (Å²) in [6.45, 7) is 9.87. The van der Waals surface area contributed by atoms with E-state index in [2.05, 4.69) is 43.4 Å². The predicted molar refractivity (Wildman–Crippen MR) is 61.9 cm³/mol. The molecule has 0 aromatic heterocycles. The Morgan fingerprint density at radius 3 is 2.00 bits per heavy atom. The Morgan fingerprint density at radius 1 is 1.21 bits per heavy atom. The third-order valence-electron chi connectivity index (χ3n) is 2.58. The zero-order chi connectivity index (χ0) is 11.1. The Kier molecular flexibility index (Phi) is 6.28. The molecule has 0 saturated heterocycles. The lowest BCUT2D eigenvalue weighted by Gasteiger charge is -2.25. The highest BCUT2D eigenvalue weighted by Crippen LogP contribution is 2.19. The van der Waals surface area contributed by atoms with Crippen LogP contribution in [0.2, 0.25) is 0 Å². The minimum absolute atomic E-state index is 0.639. The van der Waals surface area contributed by atoms with Gasteiger partial charge in [0.25, 0.3) is 0 Å². The molecule has 0 aromatic rings. The number of aliphatic imine (C=N–C) groups is 1. The van der Waals surface area contributed by atoms with Crippen LogP contribution in [0.25, 0.3) is 0 Å². The second-order valence-corrected chi connectivity index (χ2v) is 4.25. The Morgan fingerprint density at radius 2 is 1.71 bits per heavy atom. The zero-order valence-corrected chi connectivity index (χ0v) is 9.96. The summed E-state index contributed by atoms with van der Waals surface area (Å²) in [4.78, 5) is 3.97. The smallest absolute Gasteiger partial charge is 0.205 e. The van der Waals surface area contributed by atoms with Gasteiger partial charge in [-0.05, 0) is 17.8 Å². The van der Waals surface area contributed by atoms with Gasteiger partial charge in [0.05, 0.1) is 0 Å². The minimum atomic E-state index is 0.639. The van der Waals surface area contributed by atoms with Gasteiger partial charge in [-0.15, -0.1) is 0 Å². The van der Waals surface area contributed by atoms with Crippen molar-refractivity contribution in [1.82, 2.24) is 10.7 Å². The van der Waals surface area contributed by atoms with Crippen LogP contribution in [-0.2, 0) is 0 Å². The molecule has 0 saturated carbocycles. The van der Waals surface area contributed by atoms with Crippen molar-refractivity contribution in [3.05, 3.63) is 0 Å². The molecule has 4 heteroatoms. The first-order valence-electron chi connectivity index (χ1n) is 5.20. The fourth-order valence-corrected chi connectivity index (χ4v) is 1.65. The Bertz CT molecular complexity index is 167. The molecule has 84 valence electrons. The van der Waals surface area contributed by atoms with Crippen LogP contribution in [0.5, 0.6) is 0 Å². The van der Waals surface area contributed by atoms with E-state index >= 15 is 0 Å². The van der Waals surface area contributed by atoms with E-state index in [9.17, 15) is 0 Å². The molecule has 0 amide bonds. The minimum Gasteiger partial charge on any atom is -0.355 e. The largest absolute Gasteiger partial charge is 0.355 e. The number of hydrogen-bond acceptors (Lipinski definition) is 2. The fraction of sp³-hybridized carbons (Fsp3) is 0.900. The summed E-state index contributed by atoms with van der Waals surface area (Å²) < 4.78 is 0. The number of nitrogens with one attached hydrogen (secondary N) is 2. The van der Waals surface area contributed by atoms with Gasteiger partial charge in [-0.1, -0.05) is 27.7 Å². The monoisotopic (exact) mass is 200 g/mol. The molecule has 4 N–H and O–H groups in total. The van der Waals surface area contributed by atoms with Crippen LogP contribution in [0.1, 0.15) is 27.7 Å². The summed E-state index contributed by atoms with van der Waals surface area (Å²) in [6.07, 6.45) is 0. The highest BCUT2D eigenvalue weighted by atomic mass is 15.3. The Labute approximate surface area is 87.3 Å². The van der Waals surface area contributed by atoms with Crippen molar-refractivity contribution in [2.45, 2.75) is 27.7 Å². The SMILES string of the molecule is CN=C(NN)NCC(C(C)C)C(C)C. The van der Waals surface area contributed by atoms with Gasteiger partial charge in [0.15, 0.2) is 0 Å². The quantitative estimate of drug-likeness (QED) is 0.274. The third kappa shape index (κ3) is 4.46. The maximum Gasteiger partial charge on any atom is 0.205 e. The van der Waals surface area contributed by atoms with Crippen molar-refractivity contribution in [3.8, 4) is 0 Å². The number of rotatable bonds is 4. The summed E-state index contributed by atoms with van der Waals surface area (Å²) in [5.41, 5.74) is 2.52. The molecule has 0 spiro atoms. The van der Waals surface area contributed by atoms with Gasteiger partial charge in [0.1, 0.15) is 0 Å². The Balaban J connectivity index is 4.06. The van der Waals surface area contributed by atoms with Crippen LogP contribution >= 0.6 is 0 Å². The number of guanidine groups is 1. The molecule has 0 aliphatic rings. The highest BCUT2D eigenvalue weighted by Gasteiger charge is 2.17. The average Bonchev–Trinajstić information content (AvgIpc) is 2.11. The molecule has 0 aromatic carbocycles. The van der Waals surface area contributed by atoms with E-state index in [1.54, 1.807) is 7.05 Å². The normalized spacial score (nSPS) is 12.8. The van der Waals surface area contributed by atoms with E-state index in [-0.39, 0.29) is 0 Å². The van der Waals surface area contributed by atoms with Crippen molar-refractivity contribution >= 4 is 5.96 Å². The van der Waals surface area contributed by atoms with Crippen LogP contribution in [0.3, 0.4) is 0 Å². The van der Waals surface area contributed by atoms with Gasteiger partial charge in [-0.2, -0.15) is 0 Å². The van der Waals surface area contributed by atoms with Crippen molar-refractivity contribution < 1.29 is 0 Å². The van der Waals surface area contributed by atoms with E-state index in [1.807, 2.05) is 0 Å². The first-order chi connectivity index (χ1) is 6.52. The average molecular weight is 200 g/mol. The lowest BCUT2D eigenvalue weighted by molar-refractivity contribution is 0.287. The van der Waals surface area contributed by atoms with E-state index < -0.39 is 0 Å². The summed E-state index contributed by atoms with van der Waals surface area (Å²) >= 11 is 0. The second kappa shape index (κ2) is 6.65. The number of nitrogens with two attached hydrogens (primary N) is 1.